The standard InChI is InChI=1S/C22H24O4/c1-5-14(6-2)22-20(24-3)11-15(12-21(22)25-4)19-13-17(23)16-9-7-8-10-18(16)26-19/h7-14H,5-6H2,1-4H3. The number of fused-ring (bicyclic) bond motifs is 1. The maximum atomic E-state index is 12.4. The number of rotatable bonds is 6. The molecule has 136 valence electrons. The van der Waals surface area contributed by atoms with E-state index in [1.807, 2.05) is 24.3 Å². The summed E-state index contributed by atoms with van der Waals surface area (Å²) < 4.78 is 17.3. The summed E-state index contributed by atoms with van der Waals surface area (Å²) in [5.41, 5.74) is 2.32. The van der Waals surface area contributed by atoms with E-state index in [9.17, 15) is 4.79 Å². The molecule has 0 aliphatic carbocycles. The molecule has 2 aromatic carbocycles. The lowest BCUT2D eigenvalue weighted by molar-refractivity contribution is 0.376. The normalized spacial score (nSPS) is 11.1. The average Bonchev–Trinajstić information content (AvgIpc) is 2.68. The number of methoxy groups -OCH3 is 2. The van der Waals surface area contributed by atoms with Crippen LogP contribution < -0.4 is 14.9 Å². The van der Waals surface area contributed by atoms with E-state index < -0.39 is 0 Å². The summed E-state index contributed by atoms with van der Waals surface area (Å²) in [7, 11) is 3.31. The van der Waals surface area contributed by atoms with Gasteiger partial charge in [0.1, 0.15) is 22.8 Å². The molecule has 0 saturated carbocycles. The van der Waals surface area contributed by atoms with E-state index in [0.29, 0.717) is 22.6 Å². The van der Waals surface area contributed by atoms with Crippen LogP contribution in [0.2, 0.25) is 0 Å². The van der Waals surface area contributed by atoms with Crippen LogP contribution in [0, 0.1) is 0 Å². The van der Waals surface area contributed by atoms with Crippen molar-refractivity contribution in [2.75, 3.05) is 14.2 Å². The Kier molecular flexibility index (Phi) is 5.31. The van der Waals surface area contributed by atoms with Crippen molar-refractivity contribution in [1.29, 1.82) is 0 Å². The predicted molar refractivity (Wildman–Crippen MR) is 104 cm³/mol. The van der Waals surface area contributed by atoms with Gasteiger partial charge in [-0.1, -0.05) is 26.0 Å². The third kappa shape index (κ3) is 3.19. The number of hydrogen-bond donors (Lipinski definition) is 0. The molecule has 0 unspecified atom stereocenters. The van der Waals surface area contributed by atoms with Gasteiger partial charge >= 0.3 is 0 Å². The Morgan fingerprint density at radius 3 is 2.15 bits per heavy atom. The minimum Gasteiger partial charge on any atom is -0.496 e. The molecule has 3 aromatic rings. The fourth-order valence-corrected chi connectivity index (χ4v) is 3.43. The van der Waals surface area contributed by atoms with Crippen LogP contribution in [-0.2, 0) is 0 Å². The number of ether oxygens (including phenoxy) is 2. The molecular formula is C22H24O4. The van der Waals surface area contributed by atoms with Gasteiger partial charge in [-0.15, -0.1) is 0 Å². The Morgan fingerprint density at radius 2 is 1.58 bits per heavy atom. The first-order chi connectivity index (χ1) is 12.6. The Labute approximate surface area is 153 Å². The lowest BCUT2D eigenvalue weighted by Crippen LogP contribution is -2.04. The molecule has 0 saturated heterocycles. The van der Waals surface area contributed by atoms with Crippen LogP contribution in [-0.4, -0.2) is 14.2 Å². The second-order valence-corrected chi connectivity index (χ2v) is 6.28. The van der Waals surface area contributed by atoms with Gasteiger partial charge in [-0.3, -0.25) is 4.79 Å². The third-order valence-corrected chi connectivity index (χ3v) is 4.86. The van der Waals surface area contributed by atoms with Crippen molar-refractivity contribution in [3.05, 3.63) is 58.3 Å². The third-order valence-electron chi connectivity index (χ3n) is 4.86. The van der Waals surface area contributed by atoms with E-state index in [-0.39, 0.29) is 5.43 Å². The molecule has 4 nitrogen and oxygen atoms in total. The largest absolute Gasteiger partial charge is 0.496 e. The summed E-state index contributed by atoms with van der Waals surface area (Å²) in [6.45, 7) is 4.31. The minimum atomic E-state index is -0.0659. The highest BCUT2D eigenvalue weighted by molar-refractivity contribution is 5.79. The monoisotopic (exact) mass is 352 g/mol. The van der Waals surface area contributed by atoms with Crippen LogP contribution in [0.3, 0.4) is 0 Å². The Bertz CT molecular complexity index is 942. The Hall–Kier alpha value is -2.75. The van der Waals surface area contributed by atoms with Crippen molar-refractivity contribution in [2.45, 2.75) is 32.6 Å². The molecule has 3 rings (SSSR count). The van der Waals surface area contributed by atoms with E-state index in [0.717, 1.165) is 35.5 Å². The van der Waals surface area contributed by atoms with Gasteiger partial charge in [-0.2, -0.15) is 0 Å². The molecular weight excluding hydrogens is 328 g/mol. The van der Waals surface area contributed by atoms with Crippen molar-refractivity contribution >= 4 is 11.0 Å². The second-order valence-electron chi connectivity index (χ2n) is 6.28. The molecule has 0 amide bonds. The molecule has 0 atom stereocenters. The summed E-state index contributed by atoms with van der Waals surface area (Å²) in [4.78, 5) is 12.4. The molecule has 1 aromatic heterocycles. The summed E-state index contributed by atoms with van der Waals surface area (Å²) >= 11 is 0. The maximum absolute atomic E-state index is 12.4. The number of hydrogen-bond acceptors (Lipinski definition) is 4. The summed E-state index contributed by atoms with van der Waals surface area (Å²) in [5, 5.41) is 0.573. The van der Waals surface area contributed by atoms with Gasteiger partial charge in [0.05, 0.1) is 19.6 Å². The van der Waals surface area contributed by atoms with E-state index in [4.69, 9.17) is 13.9 Å². The van der Waals surface area contributed by atoms with Gasteiger partial charge < -0.3 is 13.9 Å². The quantitative estimate of drug-likeness (QED) is 0.597. The first-order valence-electron chi connectivity index (χ1n) is 8.92. The molecule has 1 heterocycles. The zero-order valence-electron chi connectivity index (χ0n) is 15.7. The van der Waals surface area contributed by atoms with Crippen LogP contribution in [0.1, 0.15) is 38.2 Å². The van der Waals surface area contributed by atoms with Gasteiger partial charge in [-0.25, -0.2) is 0 Å². The summed E-state index contributed by atoms with van der Waals surface area (Å²) in [6, 6.07) is 12.6. The SMILES string of the molecule is CCC(CC)c1c(OC)cc(-c2cc(=O)c3ccccc3o2)cc1OC. The average molecular weight is 352 g/mol. The van der Waals surface area contributed by atoms with Crippen molar-refractivity contribution < 1.29 is 13.9 Å². The Morgan fingerprint density at radius 1 is 0.962 bits per heavy atom. The minimum absolute atomic E-state index is 0.0659. The Balaban J connectivity index is 2.22. The van der Waals surface area contributed by atoms with E-state index >= 15 is 0 Å². The second kappa shape index (κ2) is 7.65. The molecule has 26 heavy (non-hydrogen) atoms. The molecule has 4 heteroatoms. The molecule has 0 aliphatic rings. The lowest BCUT2D eigenvalue weighted by Gasteiger charge is -2.21. The molecule has 0 fully saturated rings. The highest BCUT2D eigenvalue weighted by Crippen LogP contribution is 2.42. The first kappa shape index (κ1) is 18.1. The zero-order chi connectivity index (χ0) is 18.7. The van der Waals surface area contributed by atoms with Crippen LogP contribution in [0.15, 0.2) is 51.7 Å². The molecule has 0 bridgehead atoms. The maximum Gasteiger partial charge on any atom is 0.193 e. The number of para-hydroxylation sites is 1. The van der Waals surface area contributed by atoms with Crippen LogP contribution in [0.25, 0.3) is 22.3 Å². The van der Waals surface area contributed by atoms with Gasteiger partial charge in [0, 0.05) is 17.2 Å². The van der Waals surface area contributed by atoms with Crippen LogP contribution in [0.4, 0.5) is 0 Å². The zero-order valence-corrected chi connectivity index (χ0v) is 15.7. The van der Waals surface area contributed by atoms with Gasteiger partial charge in [0.2, 0.25) is 0 Å². The van der Waals surface area contributed by atoms with Gasteiger partial charge in [0.25, 0.3) is 0 Å². The van der Waals surface area contributed by atoms with Crippen molar-refractivity contribution in [3.63, 3.8) is 0 Å². The van der Waals surface area contributed by atoms with Gasteiger partial charge in [0.15, 0.2) is 5.43 Å². The molecule has 0 spiro atoms. The van der Waals surface area contributed by atoms with Crippen LogP contribution in [0.5, 0.6) is 11.5 Å². The number of benzene rings is 2. The lowest BCUT2D eigenvalue weighted by atomic mass is 9.91. The fraction of sp³-hybridized carbons (Fsp3) is 0.318. The van der Waals surface area contributed by atoms with E-state index in [1.54, 1.807) is 26.4 Å². The summed E-state index contributed by atoms with van der Waals surface area (Å²) in [5.74, 6) is 2.35. The van der Waals surface area contributed by atoms with Crippen molar-refractivity contribution in [3.8, 4) is 22.8 Å². The predicted octanol–water partition coefficient (Wildman–Crippen LogP) is 5.38. The molecule has 0 radical (unpaired) electrons. The highest BCUT2D eigenvalue weighted by atomic mass is 16.5. The first-order valence-corrected chi connectivity index (χ1v) is 8.92. The smallest absolute Gasteiger partial charge is 0.193 e. The van der Waals surface area contributed by atoms with Crippen molar-refractivity contribution in [2.24, 2.45) is 0 Å². The van der Waals surface area contributed by atoms with E-state index in [1.165, 1.54) is 6.07 Å². The highest BCUT2D eigenvalue weighted by Gasteiger charge is 2.21. The van der Waals surface area contributed by atoms with Gasteiger partial charge in [-0.05, 0) is 43.0 Å². The molecule has 0 N–H and O–H groups in total. The van der Waals surface area contributed by atoms with E-state index in [2.05, 4.69) is 13.8 Å². The summed E-state index contributed by atoms with van der Waals surface area (Å²) in [6.07, 6.45) is 1.99. The van der Waals surface area contributed by atoms with Crippen LogP contribution >= 0.6 is 0 Å². The topological polar surface area (TPSA) is 48.7 Å². The molecule has 0 aliphatic heterocycles. The van der Waals surface area contributed by atoms with Crippen molar-refractivity contribution in [1.82, 2.24) is 0 Å². The fourth-order valence-electron chi connectivity index (χ4n) is 3.43.